The van der Waals surface area contributed by atoms with E-state index in [1.54, 1.807) is 0 Å². The summed E-state index contributed by atoms with van der Waals surface area (Å²) in [5, 5.41) is 11.6. The maximum absolute atomic E-state index is 13.4. The van der Waals surface area contributed by atoms with Gasteiger partial charge in [0.1, 0.15) is 5.54 Å². The minimum absolute atomic E-state index is 0.263. The number of allylic oxidation sites excluding steroid dienone is 2. The van der Waals surface area contributed by atoms with Gasteiger partial charge in [0.15, 0.2) is 0 Å². The van der Waals surface area contributed by atoms with Gasteiger partial charge in [0.25, 0.3) is 0 Å². The van der Waals surface area contributed by atoms with Crippen LogP contribution < -0.4 is 0 Å². The molecule has 0 amide bonds. The van der Waals surface area contributed by atoms with Crippen LogP contribution in [0.3, 0.4) is 0 Å². The van der Waals surface area contributed by atoms with Crippen LogP contribution in [0.1, 0.15) is 24.1 Å². The number of hydrogen-bond acceptors (Lipinski definition) is 6. The second-order valence-electron chi connectivity index (χ2n) is 9.08. The molecule has 1 N–H and O–H groups in total. The van der Waals surface area contributed by atoms with Gasteiger partial charge in [-0.2, -0.15) is 0 Å². The number of para-hydroxylation sites is 2. The van der Waals surface area contributed by atoms with E-state index in [4.69, 9.17) is 14.7 Å². The first kappa shape index (κ1) is 20.3. The molecule has 3 aromatic rings. The summed E-state index contributed by atoms with van der Waals surface area (Å²) in [6.07, 6.45) is 7.76. The van der Waals surface area contributed by atoms with E-state index in [0.717, 1.165) is 33.5 Å². The molecule has 1 fully saturated rings. The number of aliphatic hydroxyl groups is 1. The largest absolute Gasteiger partial charge is 0.468 e. The Morgan fingerprint density at radius 3 is 2.45 bits per heavy atom. The van der Waals surface area contributed by atoms with E-state index in [2.05, 4.69) is 12.1 Å². The van der Waals surface area contributed by atoms with Gasteiger partial charge in [0.2, 0.25) is 0 Å². The van der Waals surface area contributed by atoms with Gasteiger partial charge in [-0.1, -0.05) is 60.7 Å². The summed E-state index contributed by atoms with van der Waals surface area (Å²) in [4.78, 5) is 25.5. The lowest BCUT2D eigenvalue weighted by molar-refractivity contribution is -0.164. The second kappa shape index (κ2) is 7.07. The van der Waals surface area contributed by atoms with E-state index >= 15 is 0 Å². The molecule has 2 unspecified atom stereocenters. The molecule has 1 aliphatic heterocycles. The molecule has 0 radical (unpaired) electrons. The minimum Gasteiger partial charge on any atom is -0.468 e. The highest BCUT2D eigenvalue weighted by molar-refractivity contribution is 5.87. The average Bonchev–Trinajstić information content (AvgIpc) is 3.56. The monoisotopic (exact) mass is 439 g/mol. The summed E-state index contributed by atoms with van der Waals surface area (Å²) in [6, 6.07) is 16.0. The Kier molecular flexibility index (Phi) is 4.34. The number of ether oxygens (including phenoxy) is 1. The SMILES string of the molecule is COC(=O)C1(C(O)C2C=CC=C2)CC[C@@]2(c3ccccc3-c3nc4ccccc4nc32)N1C. The third-order valence-corrected chi connectivity index (χ3v) is 7.80. The number of carbonyl (C=O) groups is 1. The number of aliphatic hydroxyl groups excluding tert-OH is 1. The number of nitrogens with zero attached hydrogens (tertiary/aromatic N) is 3. The van der Waals surface area contributed by atoms with Crippen molar-refractivity contribution < 1.29 is 14.6 Å². The molecule has 1 saturated heterocycles. The van der Waals surface area contributed by atoms with E-state index in [-0.39, 0.29) is 5.92 Å². The predicted octanol–water partition coefficient (Wildman–Crippen LogP) is 3.59. The van der Waals surface area contributed by atoms with Crippen molar-refractivity contribution in [1.82, 2.24) is 14.9 Å². The normalized spacial score (nSPS) is 26.8. The lowest BCUT2D eigenvalue weighted by Crippen LogP contribution is -2.63. The zero-order valence-corrected chi connectivity index (χ0v) is 18.6. The van der Waals surface area contributed by atoms with Gasteiger partial charge < -0.3 is 9.84 Å². The Labute approximate surface area is 192 Å². The molecule has 2 aromatic carbocycles. The summed E-state index contributed by atoms with van der Waals surface area (Å²) < 4.78 is 5.31. The van der Waals surface area contributed by atoms with Crippen molar-refractivity contribution in [3.63, 3.8) is 0 Å². The van der Waals surface area contributed by atoms with Crippen LogP contribution in [0.4, 0.5) is 0 Å². The van der Waals surface area contributed by atoms with E-state index in [0.29, 0.717) is 12.8 Å². The van der Waals surface area contributed by atoms with Gasteiger partial charge in [-0.3, -0.25) is 4.90 Å². The highest BCUT2D eigenvalue weighted by atomic mass is 16.5. The van der Waals surface area contributed by atoms with Gasteiger partial charge in [-0.25, -0.2) is 14.8 Å². The standard InChI is InChI=1S/C27H25N3O3/c1-30-26(15-16-27(30,25(32)33-2)24(31)17-9-3-4-10-17)19-12-6-5-11-18(19)22-23(26)29-21-14-8-7-13-20(21)28-22/h3-14,17,24,31H,15-16H2,1-2H3/t24?,26-,27?/m0/s1. The summed E-state index contributed by atoms with van der Waals surface area (Å²) >= 11 is 0. The second-order valence-corrected chi connectivity index (χ2v) is 9.08. The van der Waals surface area contributed by atoms with Crippen LogP contribution in [0, 0.1) is 5.92 Å². The number of methoxy groups -OCH3 is 1. The summed E-state index contributed by atoms with van der Waals surface area (Å²) in [5.74, 6) is -0.691. The van der Waals surface area contributed by atoms with Crippen LogP contribution in [0.15, 0.2) is 72.8 Å². The van der Waals surface area contributed by atoms with Gasteiger partial charge in [-0.15, -0.1) is 0 Å². The number of likely N-dealkylation sites (tertiary alicyclic amines) is 1. The molecule has 2 aliphatic carbocycles. The zero-order chi connectivity index (χ0) is 22.8. The van der Waals surface area contributed by atoms with E-state index in [9.17, 15) is 9.90 Å². The molecular weight excluding hydrogens is 414 g/mol. The lowest BCUT2D eigenvalue weighted by Gasteiger charge is -2.45. The van der Waals surface area contributed by atoms with Crippen molar-refractivity contribution in [3.8, 4) is 11.3 Å². The fourth-order valence-corrected chi connectivity index (χ4v) is 6.15. The molecule has 6 rings (SSSR count). The van der Waals surface area contributed by atoms with E-state index < -0.39 is 23.2 Å². The molecule has 166 valence electrons. The first-order valence-corrected chi connectivity index (χ1v) is 11.3. The fourth-order valence-electron chi connectivity index (χ4n) is 6.15. The Balaban J connectivity index is 1.60. The molecule has 2 heterocycles. The van der Waals surface area contributed by atoms with Crippen LogP contribution in [-0.2, 0) is 15.1 Å². The maximum atomic E-state index is 13.4. The van der Waals surface area contributed by atoms with Crippen molar-refractivity contribution in [3.05, 3.63) is 84.1 Å². The van der Waals surface area contributed by atoms with Gasteiger partial charge in [0, 0.05) is 11.5 Å². The van der Waals surface area contributed by atoms with Crippen molar-refractivity contribution in [2.75, 3.05) is 14.2 Å². The highest BCUT2D eigenvalue weighted by Gasteiger charge is 2.66. The number of aromatic nitrogens is 2. The maximum Gasteiger partial charge on any atom is 0.329 e. The first-order chi connectivity index (χ1) is 16.0. The van der Waals surface area contributed by atoms with Crippen LogP contribution in [-0.4, -0.2) is 51.7 Å². The molecule has 6 nitrogen and oxygen atoms in total. The van der Waals surface area contributed by atoms with E-state index in [1.807, 2.05) is 72.6 Å². The first-order valence-electron chi connectivity index (χ1n) is 11.3. The molecule has 0 saturated carbocycles. The smallest absolute Gasteiger partial charge is 0.329 e. The van der Waals surface area contributed by atoms with Crippen LogP contribution >= 0.6 is 0 Å². The number of rotatable bonds is 3. The number of carbonyl (C=O) groups excluding carboxylic acids is 1. The molecule has 1 spiro atoms. The zero-order valence-electron chi connectivity index (χ0n) is 18.6. The fraction of sp³-hybridized carbons (Fsp3) is 0.296. The molecule has 3 atom stereocenters. The number of likely N-dealkylation sites (N-methyl/N-ethyl adjacent to an activating group) is 1. The number of benzene rings is 2. The Bertz CT molecular complexity index is 1340. The molecule has 33 heavy (non-hydrogen) atoms. The number of esters is 1. The summed E-state index contributed by atoms with van der Waals surface area (Å²) in [6.45, 7) is 0. The van der Waals surface area contributed by atoms with Crippen molar-refractivity contribution in [2.24, 2.45) is 5.92 Å². The molecule has 0 bridgehead atoms. The third kappa shape index (κ3) is 2.48. The Hall–Kier alpha value is -3.35. The quantitative estimate of drug-likeness (QED) is 0.629. The molecule has 1 aromatic heterocycles. The number of hydrogen-bond donors (Lipinski definition) is 1. The van der Waals surface area contributed by atoms with Crippen LogP contribution in [0.2, 0.25) is 0 Å². The topological polar surface area (TPSA) is 75.5 Å². The highest BCUT2D eigenvalue weighted by Crippen LogP contribution is 2.59. The van der Waals surface area contributed by atoms with Crippen LogP contribution in [0.25, 0.3) is 22.3 Å². The molecular formula is C27H25N3O3. The third-order valence-electron chi connectivity index (χ3n) is 7.80. The summed E-state index contributed by atoms with van der Waals surface area (Å²) in [5.41, 5.74) is 3.50. The lowest BCUT2D eigenvalue weighted by atomic mass is 9.82. The average molecular weight is 440 g/mol. The molecule has 6 heteroatoms. The predicted molar refractivity (Wildman–Crippen MR) is 125 cm³/mol. The van der Waals surface area contributed by atoms with Crippen molar-refractivity contribution >= 4 is 17.0 Å². The van der Waals surface area contributed by atoms with Crippen LogP contribution in [0.5, 0.6) is 0 Å². The van der Waals surface area contributed by atoms with Gasteiger partial charge in [-0.05, 0) is 37.6 Å². The summed E-state index contributed by atoms with van der Waals surface area (Å²) in [7, 11) is 3.30. The van der Waals surface area contributed by atoms with Crippen molar-refractivity contribution in [2.45, 2.75) is 30.0 Å². The minimum atomic E-state index is -1.22. The Morgan fingerprint density at radius 2 is 1.73 bits per heavy atom. The van der Waals surface area contributed by atoms with E-state index in [1.165, 1.54) is 7.11 Å². The van der Waals surface area contributed by atoms with Gasteiger partial charge in [0.05, 0.1) is 41.2 Å². The molecule has 3 aliphatic rings. The van der Waals surface area contributed by atoms with Crippen molar-refractivity contribution in [1.29, 1.82) is 0 Å². The number of fused-ring (bicyclic) bond motifs is 6. The van der Waals surface area contributed by atoms with Gasteiger partial charge >= 0.3 is 5.97 Å². The Morgan fingerprint density at radius 1 is 1.06 bits per heavy atom.